The van der Waals surface area contributed by atoms with Crippen LogP contribution >= 0.6 is 0 Å². The van der Waals surface area contributed by atoms with Crippen molar-refractivity contribution in [2.45, 2.75) is 12.8 Å². The number of methoxy groups -OCH3 is 1. The van der Waals surface area contributed by atoms with E-state index in [2.05, 4.69) is 17.4 Å². The molecule has 0 saturated carbocycles. The van der Waals surface area contributed by atoms with Crippen molar-refractivity contribution in [1.82, 2.24) is 5.32 Å². The van der Waals surface area contributed by atoms with Gasteiger partial charge >= 0.3 is 0 Å². The van der Waals surface area contributed by atoms with Crippen molar-refractivity contribution in [2.24, 2.45) is 0 Å². The van der Waals surface area contributed by atoms with Gasteiger partial charge in [0, 0.05) is 18.3 Å². The number of hydrogen-bond acceptors (Lipinski definition) is 3. The number of carbonyl (C=O) groups excluding carboxylic acids is 1. The zero-order valence-corrected chi connectivity index (χ0v) is 12.1. The van der Waals surface area contributed by atoms with Crippen LogP contribution in [0, 0.1) is 0 Å². The first kappa shape index (κ1) is 14.9. The van der Waals surface area contributed by atoms with Crippen LogP contribution in [0.2, 0.25) is 0 Å². The molecule has 0 aliphatic carbocycles. The van der Waals surface area contributed by atoms with E-state index in [-0.39, 0.29) is 5.91 Å². The number of benzene rings is 2. The highest BCUT2D eigenvalue weighted by atomic mass is 16.5. The maximum atomic E-state index is 12.0. The van der Waals surface area contributed by atoms with Gasteiger partial charge in [0.2, 0.25) is 0 Å². The van der Waals surface area contributed by atoms with Gasteiger partial charge in [0.1, 0.15) is 5.75 Å². The number of anilines is 1. The maximum Gasteiger partial charge on any atom is 0.253 e. The van der Waals surface area contributed by atoms with Gasteiger partial charge in [0.15, 0.2) is 0 Å². The third kappa shape index (κ3) is 4.24. The highest BCUT2D eigenvalue weighted by Crippen LogP contribution is 2.19. The minimum absolute atomic E-state index is 0.150. The molecule has 0 unspecified atom stereocenters. The first-order valence-electron chi connectivity index (χ1n) is 6.96. The molecular formula is C17H20N2O2. The topological polar surface area (TPSA) is 64.3 Å². The van der Waals surface area contributed by atoms with Crippen molar-refractivity contribution in [1.29, 1.82) is 0 Å². The Morgan fingerprint density at radius 3 is 2.62 bits per heavy atom. The third-order valence-corrected chi connectivity index (χ3v) is 3.27. The molecule has 0 atom stereocenters. The van der Waals surface area contributed by atoms with Gasteiger partial charge in [0.05, 0.1) is 12.7 Å². The van der Waals surface area contributed by atoms with Crippen LogP contribution in [0.25, 0.3) is 0 Å². The van der Waals surface area contributed by atoms with E-state index >= 15 is 0 Å². The molecule has 3 N–H and O–H groups in total. The molecule has 4 nitrogen and oxygen atoms in total. The van der Waals surface area contributed by atoms with Gasteiger partial charge in [-0.15, -0.1) is 0 Å². The molecule has 21 heavy (non-hydrogen) atoms. The van der Waals surface area contributed by atoms with Gasteiger partial charge in [-0.05, 0) is 30.5 Å². The molecule has 4 heteroatoms. The van der Waals surface area contributed by atoms with Crippen molar-refractivity contribution in [2.75, 3.05) is 19.4 Å². The quantitative estimate of drug-likeness (QED) is 0.633. The lowest BCUT2D eigenvalue weighted by Gasteiger charge is -2.09. The molecule has 0 aliphatic heterocycles. The van der Waals surface area contributed by atoms with Crippen molar-refractivity contribution >= 4 is 11.6 Å². The predicted octanol–water partition coefficient (Wildman–Crippen LogP) is 2.64. The molecule has 0 bridgehead atoms. The summed E-state index contributed by atoms with van der Waals surface area (Å²) in [5.74, 6) is 0.497. The lowest BCUT2D eigenvalue weighted by Crippen LogP contribution is -2.25. The first-order chi connectivity index (χ1) is 10.2. The molecule has 1 amide bonds. The second-order valence-electron chi connectivity index (χ2n) is 4.80. The number of aryl methyl sites for hydroxylation is 1. The van der Waals surface area contributed by atoms with Crippen LogP contribution in [-0.4, -0.2) is 19.6 Å². The number of hydrogen-bond donors (Lipinski definition) is 2. The summed E-state index contributed by atoms with van der Waals surface area (Å²) in [6, 6.07) is 15.3. The van der Waals surface area contributed by atoms with Crippen molar-refractivity contribution in [3.8, 4) is 5.75 Å². The monoisotopic (exact) mass is 284 g/mol. The van der Waals surface area contributed by atoms with Gasteiger partial charge in [-0.1, -0.05) is 30.3 Å². The zero-order chi connectivity index (χ0) is 15.1. The lowest BCUT2D eigenvalue weighted by molar-refractivity contribution is 0.0954. The Hall–Kier alpha value is -2.49. The second kappa shape index (κ2) is 7.33. The number of ether oxygens (including phenoxy) is 1. The van der Waals surface area contributed by atoms with E-state index in [4.69, 9.17) is 10.5 Å². The van der Waals surface area contributed by atoms with E-state index in [0.29, 0.717) is 23.5 Å². The average Bonchev–Trinajstić information content (AvgIpc) is 2.52. The van der Waals surface area contributed by atoms with E-state index in [1.807, 2.05) is 18.2 Å². The molecule has 0 heterocycles. The number of carbonyl (C=O) groups is 1. The summed E-state index contributed by atoms with van der Waals surface area (Å²) in [5, 5.41) is 2.89. The number of amides is 1. The summed E-state index contributed by atoms with van der Waals surface area (Å²) in [6.07, 6.45) is 1.84. The summed E-state index contributed by atoms with van der Waals surface area (Å²) >= 11 is 0. The van der Waals surface area contributed by atoms with Gasteiger partial charge in [-0.2, -0.15) is 0 Å². The Labute approximate surface area is 124 Å². The van der Waals surface area contributed by atoms with Crippen LogP contribution in [0.3, 0.4) is 0 Å². The van der Waals surface area contributed by atoms with Crippen LogP contribution < -0.4 is 15.8 Å². The number of nitrogens with two attached hydrogens (primary N) is 1. The highest BCUT2D eigenvalue weighted by Gasteiger charge is 2.09. The Morgan fingerprint density at radius 1 is 1.19 bits per heavy atom. The summed E-state index contributed by atoms with van der Waals surface area (Å²) in [7, 11) is 1.57. The van der Waals surface area contributed by atoms with Crippen LogP contribution in [0.5, 0.6) is 5.75 Å². The Bertz CT molecular complexity index is 597. The molecule has 0 spiro atoms. The molecule has 0 aliphatic rings. The fourth-order valence-electron chi connectivity index (χ4n) is 2.11. The predicted molar refractivity (Wildman–Crippen MR) is 84.5 cm³/mol. The van der Waals surface area contributed by atoms with E-state index in [0.717, 1.165) is 12.8 Å². The molecule has 110 valence electrons. The minimum atomic E-state index is -0.150. The van der Waals surface area contributed by atoms with E-state index in [9.17, 15) is 4.79 Å². The van der Waals surface area contributed by atoms with Crippen LogP contribution in [0.15, 0.2) is 48.5 Å². The highest BCUT2D eigenvalue weighted by molar-refractivity contribution is 5.99. The number of nitrogen functional groups attached to an aromatic ring is 1. The van der Waals surface area contributed by atoms with Crippen LogP contribution in [0.1, 0.15) is 22.3 Å². The summed E-state index contributed by atoms with van der Waals surface area (Å²) in [6.45, 7) is 0.624. The normalized spacial score (nSPS) is 10.1. The molecule has 0 radical (unpaired) electrons. The Balaban J connectivity index is 1.82. The van der Waals surface area contributed by atoms with E-state index in [1.165, 1.54) is 5.56 Å². The number of nitrogens with one attached hydrogen (secondary N) is 1. The van der Waals surface area contributed by atoms with Gasteiger partial charge in [0.25, 0.3) is 5.91 Å². The second-order valence-corrected chi connectivity index (χ2v) is 4.80. The van der Waals surface area contributed by atoms with E-state index in [1.54, 1.807) is 25.3 Å². The Kier molecular flexibility index (Phi) is 5.21. The van der Waals surface area contributed by atoms with Crippen LogP contribution in [-0.2, 0) is 6.42 Å². The van der Waals surface area contributed by atoms with Crippen molar-refractivity contribution in [3.05, 3.63) is 59.7 Å². The fourth-order valence-corrected chi connectivity index (χ4v) is 2.11. The molecular weight excluding hydrogens is 264 g/mol. The molecule has 0 saturated heterocycles. The summed E-state index contributed by atoms with van der Waals surface area (Å²) in [5.41, 5.74) is 8.03. The van der Waals surface area contributed by atoms with Gasteiger partial charge in [-0.3, -0.25) is 4.79 Å². The van der Waals surface area contributed by atoms with E-state index < -0.39 is 0 Å². The summed E-state index contributed by atoms with van der Waals surface area (Å²) in [4.78, 5) is 12.0. The molecule has 0 aromatic heterocycles. The molecule has 2 rings (SSSR count). The third-order valence-electron chi connectivity index (χ3n) is 3.27. The van der Waals surface area contributed by atoms with Crippen molar-refractivity contribution in [3.63, 3.8) is 0 Å². The lowest BCUT2D eigenvalue weighted by atomic mass is 10.1. The van der Waals surface area contributed by atoms with Gasteiger partial charge < -0.3 is 15.8 Å². The standard InChI is InChI=1S/C17H20N2O2/c1-21-14-9-10-15(16(18)12-14)17(20)19-11-5-8-13-6-3-2-4-7-13/h2-4,6-7,9-10,12H,5,8,11,18H2,1H3,(H,19,20). The molecule has 0 fully saturated rings. The first-order valence-corrected chi connectivity index (χ1v) is 6.96. The minimum Gasteiger partial charge on any atom is -0.497 e. The zero-order valence-electron chi connectivity index (χ0n) is 12.1. The van der Waals surface area contributed by atoms with Gasteiger partial charge in [-0.25, -0.2) is 0 Å². The Morgan fingerprint density at radius 2 is 1.95 bits per heavy atom. The molecule has 2 aromatic carbocycles. The smallest absolute Gasteiger partial charge is 0.253 e. The average molecular weight is 284 g/mol. The van der Waals surface area contributed by atoms with Crippen molar-refractivity contribution < 1.29 is 9.53 Å². The van der Waals surface area contributed by atoms with Crippen LogP contribution in [0.4, 0.5) is 5.69 Å². The SMILES string of the molecule is COc1ccc(C(=O)NCCCc2ccccc2)c(N)c1. The summed E-state index contributed by atoms with van der Waals surface area (Å²) < 4.78 is 5.07. The maximum absolute atomic E-state index is 12.0. The largest absolute Gasteiger partial charge is 0.497 e. The number of rotatable bonds is 6. The molecule has 2 aromatic rings. The fraction of sp³-hybridized carbons (Fsp3) is 0.235.